The monoisotopic (exact) mass is 309 g/mol. The van der Waals surface area contributed by atoms with Gasteiger partial charge in [0.25, 0.3) is 0 Å². The average molecular weight is 310 g/mol. The zero-order chi connectivity index (χ0) is 14.3. The molecule has 0 spiro atoms. The van der Waals surface area contributed by atoms with E-state index in [4.69, 9.17) is 0 Å². The fraction of sp³-hybridized carbons (Fsp3) is 0.100. The highest BCUT2D eigenvalue weighted by molar-refractivity contribution is 5.37. The molecule has 1 N–H and O–H groups in total. The van der Waals surface area contributed by atoms with Gasteiger partial charge in [0.2, 0.25) is 0 Å². The molecule has 112 valence electrons. The van der Waals surface area contributed by atoms with Crippen molar-refractivity contribution in [2.75, 3.05) is 6.54 Å². The minimum Gasteiger partial charge on any atom is -1.00 e. The summed E-state index contributed by atoms with van der Waals surface area (Å²) in [6, 6.07) is 32.1. The molecule has 0 heterocycles. The third kappa shape index (κ3) is 4.20. The van der Waals surface area contributed by atoms with Gasteiger partial charge in [0.1, 0.15) is 11.4 Å². The van der Waals surface area contributed by atoms with Crippen LogP contribution in [0.3, 0.4) is 0 Å². The molecule has 0 bridgehead atoms. The Balaban J connectivity index is 0.00000176. The van der Waals surface area contributed by atoms with Gasteiger partial charge in [0.15, 0.2) is 0 Å². The Kier molecular flexibility index (Phi) is 6.20. The van der Waals surface area contributed by atoms with Crippen LogP contribution in [0.4, 0.5) is 11.4 Å². The van der Waals surface area contributed by atoms with Crippen LogP contribution in [0.15, 0.2) is 91.0 Å². The van der Waals surface area contributed by atoms with Crippen molar-refractivity contribution in [3.8, 4) is 0 Å². The second kappa shape index (κ2) is 8.38. The lowest BCUT2D eigenvalue weighted by atomic mass is 10.1. The van der Waals surface area contributed by atoms with Gasteiger partial charge in [-0.05, 0) is 29.8 Å². The van der Waals surface area contributed by atoms with E-state index in [1.54, 1.807) is 0 Å². The zero-order valence-corrected chi connectivity index (χ0v) is 13.2. The first-order chi connectivity index (χ1) is 10.4. The van der Waals surface area contributed by atoms with Crippen LogP contribution >= 0.6 is 0 Å². The lowest BCUT2D eigenvalue weighted by Crippen LogP contribution is -3.02. The van der Waals surface area contributed by atoms with E-state index in [1.165, 1.54) is 21.8 Å². The number of benzene rings is 3. The zero-order valence-electron chi connectivity index (χ0n) is 12.5. The number of para-hydroxylation sites is 2. The van der Waals surface area contributed by atoms with Gasteiger partial charge in [-0.15, -0.1) is 0 Å². The maximum atomic E-state index is 2.20. The Morgan fingerprint density at radius 3 is 1.41 bits per heavy atom. The normalized spacial score (nSPS) is 10.2. The van der Waals surface area contributed by atoms with Crippen molar-refractivity contribution in [3.63, 3.8) is 0 Å². The van der Waals surface area contributed by atoms with E-state index < -0.39 is 0 Å². The Bertz CT molecular complexity index is 614. The van der Waals surface area contributed by atoms with Crippen LogP contribution in [-0.2, 0) is 6.42 Å². The first-order valence-corrected chi connectivity index (χ1v) is 7.44. The van der Waals surface area contributed by atoms with Gasteiger partial charge in [-0.3, -0.25) is 4.90 Å². The fourth-order valence-corrected chi connectivity index (χ4v) is 2.65. The molecule has 0 unspecified atom stereocenters. The molecule has 0 aliphatic rings. The first kappa shape index (κ1) is 16.3. The van der Waals surface area contributed by atoms with E-state index >= 15 is 0 Å². The molecule has 0 fully saturated rings. The molecule has 0 atom stereocenters. The smallest absolute Gasteiger partial charge is 0.136 e. The Labute approximate surface area is 138 Å². The third-order valence-corrected chi connectivity index (χ3v) is 3.75. The Morgan fingerprint density at radius 2 is 0.955 bits per heavy atom. The minimum absolute atomic E-state index is 0. The van der Waals surface area contributed by atoms with Crippen molar-refractivity contribution < 1.29 is 17.3 Å². The van der Waals surface area contributed by atoms with Gasteiger partial charge in [-0.1, -0.05) is 66.7 Å². The number of hydrogen-bond donors (Lipinski definition) is 1. The average Bonchev–Trinajstić information content (AvgIpc) is 2.58. The summed E-state index contributed by atoms with van der Waals surface area (Å²) in [5.41, 5.74) is 4.03. The lowest BCUT2D eigenvalue weighted by Gasteiger charge is -2.18. The van der Waals surface area contributed by atoms with E-state index in [9.17, 15) is 0 Å². The summed E-state index contributed by atoms with van der Waals surface area (Å²) in [7, 11) is 0. The highest BCUT2D eigenvalue weighted by Gasteiger charge is 2.14. The quantitative estimate of drug-likeness (QED) is 0.710. The molecule has 0 saturated heterocycles. The van der Waals surface area contributed by atoms with Crippen LogP contribution in [-0.4, -0.2) is 6.54 Å². The van der Waals surface area contributed by atoms with Crippen molar-refractivity contribution >= 4 is 11.4 Å². The standard InChI is InChI=1S/C20H19N.ClH/c1-4-10-18(11-5-1)16-17-21(19-12-6-2-7-13-19)20-14-8-3-9-15-20;/h1-15H,16-17H2;1H. The van der Waals surface area contributed by atoms with E-state index in [1.807, 2.05) is 0 Å². The van der Waals surface area contributed by atoms with Gasteiger partial charge in [-0.25, -0.2) is 0 Å². The van der Waals surface area contributed by atoms with E-state index in [-0.39, 0.29) is 12.4 Å². The van der Waals surface area contributed by atoms with Crippen LogP contribution in [0.1, 0.15) is 5.56 Å². The number of nitrogens with one attached hydrogen (secondary N) is 1. The molecule has 2 heteroatoms. The molecular formula is C20H20ClN. The molecule has 22 heavy (non-hydrogen) atoms. The molecule has 0 aliphatic carbocycles. The fourth-order valence-electron chi connectivity index (χ4n) is 2.65. The highest BCUT2D eigenvalue weighted by Crippen LogP contribution is 2.08. The Morgan fingerprint density at radius 1 is 0.545 bits per heavy atom. The van der Waals surface area contributed by atoms with Crippen molar-refractivity contribution in [2.24, 2.45) is 0 Å². The summed E-state index contributed by atoms with van der Waals surface area (Å²) in [4.78, 5) is 1.42. The number of quaternary nitrogens is 1. The maximum Gasteiger partial charge on any atom is 0.136 e. The van der Waals surface area contributed by atoms with Gasteiger partial charge >= 0.3 is 0 Å². The lowest BCUT2D eigenvalue weighted by molar-refractivity contribution is -0.760. The predicted octanol–water partition coefficient (Wildman–Crippen LogP) is 0.781. The van der Waals surface area contributed by atoms with Crippen molar-refractivity contribution in [1.82, 2.24) is 0 Å². The topological polar surface area (TPSA) is 4.44 Å². The third-order valence-electron chi connectivity index (χ3n) is 3.75. The van der Waals surface area contributed by atoms with Gasteiger partial charge < -0.3 is 12.4 Å². The highest BCUT2D eigenvalue weighted by atomic mass is 35.5. The summed E-state index contributed by atoms with van der Waals surface area (Å²) >= 11 is 0. The summed E-state index contributed by atoms with van der Waals surface area (Å²) in [5.74, 6) is 0. The van der Waals surface area contributed by atoms with E-state index in [0.717, 1.165) is 13.0 Å². The molecule has 3 rings (SSSR count). The summed E-state index contributed by atoms with van der Waals surface area (Å²) in [6.45, 7) is 1.05. The summed E-state index contributed by atoms with van der Waals surface area (Å²) in [5, 5.41) is 0. The number of halogens is 1. The molecule has 3 aromatic carbocycles. The molecule has 1 nitrogen and oxygen atoms in total. The second-order valence-corrected chi connectivity index (χ2v) is 5.20. The Hall–Kier alpha value is -2.09. The maximum absolute atomic E-state index is 2.20. The summed E-state index contributed by atoms with van der Waals surface area (Å²) in [6.07, 6.45) is 1.07. The molecule has 0 saturated carbocycles. The van der Waals surface area contributed by atoms with Crippen molar-refractivity contribution in [1.29, 1.82) is 0 Å². The van der Waals surface area contributed by atoms with E-state index in [0.29, 0.717) is 0 Å². The van der Waals surface area contributed by atoms with Crippen molar-refractivity contribution in [2.45, 2.75) is 6.42 Å². The van der Waals surface area contributed by atoms with Gasteiger partial charge in [-0.2, -0.15) is 0 Å². The van der Waals surface area contributed by atoms with Gasteiger partial charge in [0, 0.05) is 6.42 Å². The molecule has 3 aromatic rings. The molecule has 0 amide bonds. The SMILES string of the molecule is [Cl-].c1ccc(CC[NH+](c2ccccc2)c2ccccc2)cc1. The minimum atomic E-state index is 0. The van der Waals surface area contributed by atoms with E-state index in [2.05, 4.69) is 91.0 Å². The number of hydrogen-bond acceptors (Lipinski definition) is 0. The molecule has 0 radical (unpaired) electrons. The molecular weight excluding hydrogens is 290 g/mol. The van der Waals surface area contributed by atoms with Crippen LogP contribution in [0.25, 0.3) is 0 Å². The van der Waals surface area contributed by atoms with Crippen LogP contribution in [0, 0.1) is 0 Å². The molecule has 0 aliphatic heterocycles. The van der Waals surface area contributed by atoms with Crippen LogP contribution < -0.4 is 17.3 Å². The number of rotatable bonds is 5. The molecule has 0 aromatic heterocycles. The predicted molar refractivity (Wildman–Crippen MR) is 88.2 cm³/mol. The summed E-state index contributed by atoms with van der Waals surface area (Å²) < 4.78 is 0. The van der Waals surface area contributed by atoms with Crippen molar-refractivity contribution in [3.05, 3.63) is 96.6 Å². The first-order valence-electron chi connectivity index (χ1n) is 7.44. The second-order valence-electron chi connectivity index (χ2n) is 5.20. The largest absolute Gasteiger partial charge is 1.00 e. The van der Waals surface area contributed by atoms with Crippen LogP contribution in [0.5, 0.6) is 0 Å². The van der Waals surface area contributed by atoms with Gasteiger partial charge in [0.05, 0.1) is 6.54 Å². The van der Waals surface area contributed by atoms with Crippen LogP contribution in [0.2, 0.25) is 0 Å².